The number of ether oxygens (including phenoxy) is 1. The van der Waals surface area contributed by atoms with E-state index in [2.05, 4.69) is 25.0 Å². The summed E-state index contributed by atoms with van der Waals surface area (Å²) in [4.78, 5) is 3.92. The van der Waals surface area contributed by atoms with Gasteiger partial charge in [-0.2, -0.15) is 0 Å². The second-order valence-corrected chi connectivity index (χ2v) is 2.60. The highest BCUT2D eigenvalue weighted by Crippen LogP contribution is 2.16. The van der Waals surface area contributed by atoms with Gasteiger partial charge in [-0.1, -0.05) is 13.8 Å². The highest BCUT2D eigenvalue weighted by Gasteiger charge is 1.99. The second-order valence-electron chi connectivity index (χ2n) is 2.60. The van der Waals surface area contributed by atoms with Crippen LogP contribution in [0.1, 0.15) is 25.8 Å². The molecule has 0 aliphatic rings. The number of rotatable bonds is 4. The fourth-order valence-corrected chi connectivity index (χ4v) is 0.976. The van der Waals surface area contributed by atoms with Crippen molar-refractivity contribution in [2.24, 2.45) is 0 Å². The van der Waals surface area contributed by atoms with E-state index in [1.54, 1.807) is 6.20 Å². The van der Waals surface area contributed by atoms with Crippen molar-refractivity contribution >= 4 is 0 Å². The minimum absolute atomic E-state index is 0.769. The summed E-state index contributed by atoms with van der Waals surface area (Å²) in [6, 6.07) is 1.89. The SMILES string of the molecule is CCCOc1ccn[c]c1CC. The van der Waals surface area contributed by atoms with Gasteiger partial charge in [-0.15, -0.1) is 0 Å². The molecule has 0 N–H and O–H groups in total. The topological polar surface area (TPSA) is 22.1 Å². The molecule has 0 unspecified atom stereocenters. The van der Waals surface area contributed by atoms with Crippen LogP contribution in [-0.2, 0) is 6.42 Å². The number of hydrogen-bond donors (Lipinski definition) is 0. The first-order valence-electron chi connectivity index (χ1n) is 4.36. The molecule has 2 heteroatoms. The number of aryl methyl sites for hydroxylation is 1. The summed E-state index contributed by atoms with van der Waals surface area (Å²) in [5.74, 6) is 0.925. The van der Waals surface area contributed by atoms with E-state index in [1.807, 2.05) is 6.07 Å². The predicted molar refractivity (Wildman–Crippen MR) is 48.2 cm³/mol. The van der Waals surface area contributed by atoms with Gasteiger partial charge in [0.25, 0.3) is 0 Å². The molecule has 0 aliphatic carbocycles. The van der Waals surface area contributed by atoms with Gasteiger partial charge in [-0.25, -0.2) is 0 Å². The van der Waals surface area contributed by atoms with Crippen molar-refractivity contribution in [2.75, 3.05) is 6.61 Å². The Balaban J connectivity index is 2.68. The zero-order valence-corrected chi connectivity index (χ0v) is 7.63. The highest BCUT2D eigenvalue weighted by molar-refractivity contribution is 5.28. The van der Waals surface area contributed by atoms with Crippen molar-refractivity contribution in [3.8, 4) is 5.75 Å². The Morgan fingerprint density at radius 1 is 1.50 bits per heavy atom. The molecule has 1 aromatic rings. The molecule has 0 aromatic carbocycles. The third-order valence-corrected chi connectivity index (χ3v) is 1.61. The summed E-state index contributed by atoms with van der Waals surface area (Å²) in [6.07, 6.45) is 6.59. The lowest BCUT2D eigenvalue weighted by Crippen LogP contribution is -1.98. The Morgan fingerprint density at radius 3 is 3.00 bits per heavy atom. The molecule has 1 radical (unpaired) electrons. The van der Waals surface area contributed by atoms with Crippen molar-refractivity contribution in [2.45, 2.75) is 26.7 Å². The van der Waals surface area contributed by atoms with Crippen LogP contribution >= 0.6 is 0 Å². The second kappa shape index (κ2) is 4.75. The predicted octanol–water partition coefficient (Wildman–Crippen LogP) is 2.23. The normalized spacial score (nSPS) is 9.83. The summed E-state index contributed by atoms with van der Waals surface area (Å²) < 4.78 is 5.51. The fraction of sp³-hybridized carbons (Fsp3) is 0.500. The Hall–Kier alpha value is -1.05. The number of nitrogens with zero attached hydrogens (tertiary/aromatic N) is 1. The molecule has 0 atom stereocenters. The molecule has 0 fully saturated rings. The molecular weight excluding hydrogens is 150 g/mol. The largest absolute Gasteiger partial charge is 0.493 e. The van der Waals surface area contributed by atoms with E-state index in [4.69, 9.17) is 4.74 Å². The molecule has 0 bridgehead atoms. The molecule has 0 saturated heterocycles. The fourth-order valence-electron chi connectivity index (χ4n) is 0.976. The molecule has 0 aliphatic heterocycles. The van der Waals surface area contributed by atoms with Gasteiger partial charge in [0.2, 0.25) is 0 Å². The molecule has 1 aromatic heterocycles. The van der Waals surface area contributed by atoms with Gasteiger partial charge in [0.1, 0.15) is 5.75 Å². The van der Waals surface area contributed by atoms with Gasteiger partial charge < -0.3 is 4.74 Å². The average molecular weight is 164 g/mol. The maximum Gasteiger partial charge on any atom is 0.126 e. The Bertz CT molecular complexity index is 235. The van der Waals surface area contributed by atoms with Crippen molar-refractivity contribution in [1.82, 2.24) is 4.98 Å². The van der Waals surface area contributed by atoms with E-state index in [-0.39, 0.29) is 0 Å². The van der Waals surface area contributed by atoms with Gasteiger partial charge in [-0.05, 0) is 18.9 Å². The standard InChI is InChI=1S/C10H14NO/c1-3-7-12-10-5-6-11-8-9(10)4-2/h5-6H,3-4,7H2,1-2H3. The molecule has 0 spiro atoms. The van der Waals surface area contributed by atoms with E-state index in [9.17, 15) is 0 Å². The summed E-state index contributed by atoms with van der Waals surface area (Å²) in [6.45, 7) is 4.94. The van der Waals surface area contributed by atoms with Gasteiger partial charge in [0, 0.05) is 11.8 Å². The Morgan fingerprint density at radius 2 is 2.33 bits per heavy atom. The van der Waals surface area contributed by atoms with Crippen LogP contribution in [0.5, 0.6) is 5.75 Å². The zero-order valence-electron chi connectivity index (χ0n) is 7.63. The van der Waals surface area contributed by atoms with E-state index < -0.39 is 0 Å². The molecule has 1 rings (SSSR count). The van der Waals surface area contributed by atoms with Crippen LogP contribution in [0.3, 0.4) is 0 Å². The van der Waals surface area contributed by atoms with Crippen LogP contribution in [0, 0.1) is 6.20 Å². The average Bonchev–Trinajstić information content (AvgIpc) is 2.15. The van der Waals surface area contributed by atoms with E-state index in [0.29, 0.717) is 0 Å². The molecule has 0 saturated carbocycles. The smallest absolute Gasteiger partial charge is 0.126 e. The maximum atomic E-state index is 5.51. The first-order valence-corrected chi connectivity index (χ1v) is 4.36. The van der Waals surface area contributed by atoms with Gasteiger partial charge in [0.15, 0.2) is 0 Å². The lowest BCUT2D eigenvalue weighted by Gasteiger charge is -2.07. The molecule has 0 amide bonds. The number of aromatic nitrogens is 1. The van der Waals surface area contributed by atoms with Gasteiger partial charge >= 0.3 is 0 Å². The van der Waals surface area contributed by atoms with Crippen LogP contribution < -0.4 is 4.74 Å². The van der Waals surface area contributed by atoms with E-state index >= 15 is 0 Å². The van der Waals surface area contributed by atoms with Gasteiger partial charge in [0.05, 0.1) is 12.8 Å². The number of pyridine rings is 1. The minimum atomic E-state index is 0.769. The Labute approximate surface area is 73.6 Å². The quantitative estimate of drug-likeness (QED) is 0.680. The molecule has 2 nitrogen and oxygen atoms in total. The van der Waals surface area contributed by atoms with Crippen LogP contribution in [0.15, 0.2) is 12.3 Å². The number of hydrogen-bond acceptors (Lipinski definition) is 2. The lowest BCUT2D eigenvalue weighted by molar-refractivity contribution is 0.314. The minimum Gasteiger partial charge on any atom is -0.493 e. The molecule has 12 heavy (non-hydrogen) atoms. The van der Waals surface area contributed by atoms with E-state index in [0.717, 1.165) is 30.8 Å². The third kappa shape index (κ3) is 2.22. The summed E-state index contributed by atoms with van der Waals surface area (Å²) in [5.41, 5.74) is 1.06. The van der Waals surface area contributed by atoms with Gasteiger partial charge in [-0.3, -0.25) is 4.98 Å². The lowest BCUT2D eigenvalue weighted by atomic mass is 10.2. The van der Waals surface area contributed by atoms with Crippen molar-refractivity contribution in [3.05, 3.63) is 24.0 Å². The van der Waals surface area contributed by atoms with Crippen LogP contribution in [0.25, 0.3) is 0 Å². The van der Waals surface area contributed by atoms with Crippen molar-refractivity contribution < 1.29 is 4.74 Å². The maximum absolute atomic E-state index is 5.51. The first kappa shape index (κ1) is 9.04. The van der Waals surface area contributed by atoms with Crippen LogP contribution in [0.4, 0.5) is 0 Å². The summed E-state index contributed by atoms with van der Waals surface area (Å²) in [5, 5.41) is 0. The monoisotopic (exact) mass is 164 g/mol. The van der Waals surface area contributed by atoms with E-state index in [1.165, 1.54) is 0 Å². The highest BCUT2D eigenvalue weighted by atomic mass is 16.5. The van der Waals surface area contributed by atoms with Crippen LogP contribution in [0.2, 0.25) is 0 Å². The summed E-state index contributed by atoms with van der Waals surface area (Å²) in [7, 11) is 0. The van der Waals surface area contributed by atoms with Crippen molar-refractivity contribution in [3.63, 3.8) is 0 Å². The molecule has 65 valence electrons. The van der Waals surface area contributed by atoms with Crippen molar-refractivity contribution in [1.29, 1.82) is 0 Å². The van der Waals surface area contributed by atoms with Crippen LogP contribution in [-0.4, -0.2) is 11.6 Å². The zero-order chi connectivity index (χ0) is 8.81. The first-order chi connectivity index (χ1) is 5.88. The Kier molecular flexibility index (Phi) is 3.58. The third-order valence-electron chi connectivity index (χ3n) is 1.61. The molecule has 1 heterocycles. The molecular formula is C10H14NO. The summed E-state index contributed by atoms with van der Waals surface area (Å²) >= 11 is 0.